The van der Waals surface area contributed by atoms with Crippen LogP contribution < -0.4 is 15.0 Å². The number of nitriles is 1. The van der Waals surface area contributed by atoms with E-state index in [0.717, 1.165) is 42.9 Å². The predicted molar refractivity (Wildman–Crippen MR) is 128 cm³/mol. The van der Waals surface area contributed by atoms with Crippen LogP contribution >= 0.6 is 0 Å². The lowest BCUT2D eigenvalue weighted by Gasteiger charge is -2.28. The molecule has 1 heterocycles. The van der Waals surface area contributed by atoms with Crippen LogP contribution in [-0.4, -0.2) is 50.0 Å². The molecule has 0 spiro atoms. The maximum absolute atomic E-state index is 12.8. The topological polar surface area (TPSA) is 85.7 Å². The third kappa shape index (κ3) is 7.06. The van der Waals surface area contributed by atoms with Crippen molar-refractivity contribution in [3.05, 3.63) is 60.2 Å². The quantitative estimate of drug-likeness (QED) is 0.567. The van der Waals surface area contributed by atoms with Crippen molar-refractivity contribution < 1.29 is 14.3 Å². The van der Waals surface area contributed by atoms with Crippen molar-refractivity contribution in [3.63, 3.8) is 0 Å². The molecule has 1 saturated heterocycles. The van der Waals surface area contributed by atoms with E-state index in [9.17, 15) is 9.59 Å². The number of benzene rings is 2. The van der Waals surface area contributed by atoms with Gasteiger partial charge in [0, 0.05) is 31.6 Å². The number of carbonyl (C=O) groups is 2. The number of nitrogens with zero attached hydrogens (tertiary/aromatic N) is 3. The van der Waals surface area contributed by atoms with Gasteiger partial charge < -0.3 is 15.0 Å². The number of likely N-dealkylation sites (tertiary alicyclic amines) is 1. The second-order valence-corrected chi connectivity index (χ2v) is 8.13. The first-order valence-corrected chi connectivity index (χ1v) is 11.5. The Kier molecular flexibility index (Phi) is 9.28. The summed E-state index contributed by atoms with van der Waals surface area (Å²) >= 11 is 0. The molecule has 0 radical (unpaired) electrons. The first-order valence-electron chi connectivity index (χ1n) is 11.5. The fraction of sp³-hybridized carbons (Fsp3) is 0.423. The summed E-state index contributed by atoms with van der Waals surface area (Å²) in [6.45, 7) is 2.83. The Bertz CT molecular complexity index is 934. The Morgan fingerprint density at radius 3 is 2.42 bits per heavy atom. The molecule has 3 rings (SSSR count). The highest BCUT2D eigenvalue weighted by Crippen LogP contribution is 2.26. The van der Waals surface area contributed by atoms with Crippen molar-refractivity contribution in [1.82, 2.24) is 10.2 Å². The van der Waals surface area contributed by atoms with Crippen molar-refractivity contribution in [1.29, 1.82) is 5.26 Å². The van der Waals surface area contributed by atoms with E-state index >= 15 is 0 Å². The summed E-state index contributed by atoms with van der Waals surface area (Å²) in [5.41, 5.74) is 1.88. The molecule has 174 valence electrons. The van der Waals surface area contributed by atoms with Gasteiger partial charge in [-0.1, -0.05) is 30.3 Å². The molecular formula is C26H32N4O3. The molecule has 2 aromatic rings. The third-order valence-electron chi connectivity index (χ3n) is 5.96. The Morgan fingerprint density at radius 2 is 1.79 bits per heavy atom. The summed E-state index contributed by atoms with van der Waals surface area (Å²) in [7, 11) is 1.65. The molecule has 0 bridgehead atoms. The number of anilines is 1. The maximum Gasteiger partial charge on any atom is 0.227 e. The standard InChI is InChI=1S/C26H32N4O3/c1-33-23-12-10-21(11-13-23)24(29-17-5-6-18-29)20-28-25(31)14-15-26(32)30(19-7-16-27)22-8-3-2-4-9-22/h2-4,8-13,24H,5-7,14-15,17-20H2,1H3,(H,28,31). The van der Waals surface area contributed by atoms with E-state index in [-0.39, 0.29) is 37.1 Å². The molecule has 2 aromatic carbocycles. The number of ether oxygens (including phenoxy) is 1. The van der Waals surface area contributed by atoms with Crippen LogP contribution in [0.5, 0.6) is 5.75 Å². The highest BCUT2D eigenvalue weighted by molar-refractivity contribution is 5.95. The fourth-order valence-electron chi connectivity index (χ4n) is 4.16. The number of para-hydroxylation sites is 1. The van der Waals surface area contributed by atoms with Gasteiger partial charge in [0.1, 0.15) is 5.75 Å². The van der Waals surface area contributed by atoms with Crippen molar-refractivity contribution in [2.24, 2.45) is 0 Å². The number of carbonyl (C=O) groups excluding carboxylic acids is 2. The monoisotopic (exact) mass is 448 g/mol. The van der Waals surface area contributed by atoms with E-state index < -0.39 is 0 Å². The molecule has 2 amide bonds. The minimum atomic E-state index is -0.155. The summed E-state index contributed by atoms with van der Waals surface area (Å²) in [6.07, 6.45) is 2.78. The summed E-state index contributed by atoms with van der Waals surface area (Å²) in [6, 6.07) is 19.4. The summed E-state index contributed by atoms with van der Waals surface area (Å²) in [5, 5.41) is 12.0. The molecule has 0 aliphatic carbocycles. The molecular weight excluding hydrogens is 416 g/mol. The molecule has 1 N–H and O–H groups in total. The molecule has 7 nitrogen and oxygen atoms in total. The normalized spacial score (nSPS) is 14.3. The number of methoxy groups -OCH3 is 1. The molecule has 1 unspecified atom stereocenters. The first kappa shape index (κ1) is 24.3. The minimum absolute atomic E-state index is 0.0921. The number of hydrogen-bond acceptors (Lipinski definition) is 5. The highest BCUT2D eigenvalue weighted by Gasteiger charge is 2.24. The SMILES string of the molecule is COc1ccc(C(CNC(=O)CCC(=O)N(CCC#N)c2ccccc2)N2CCCC2)cc1. The van der Waals surface area contributed by atoms with Crippen LogP contribution in [0.4, 0.5) is 5.69 Å². The van der Waals surface area contributed by atoms with Crippen LogP contribution in [0, 0.1) is 11.3 Å². The zero-order chi connectivity index (χ0) is 23.5. The average molecular weight is 449 g/mol. The van der Waals surface area contributed by atoms with Crippen LogP contribution in [0.2, 0.25) is 0 Å². The van der Waals surface area contributed by atoms with Crippen molar-refractivity contribution >= 4 is 17.5 Å². The van der Waals surface area contributed by atoms with Gasteiger partial charge in [-0.2, -0.15) is 5.26 Å². The minimum Gasteiger partial charge on any atom is -0.497 e. The van der Waals surface area contributed by atoms with Gasteiger partial charge >= 0.3 is 0 Å². The second-order valence-electron chi connectivity index (χ2n) is 8.13. The molecule has 33 heavy (non-hydrogen) atoms. The number of amides is 2. The Balaban J connectivity index is 1.56. The van der Waals surface area contributed by atoms with Gasteiger partial charge in [-0.05, 0) is 55.8 Å². The number of hydrogen-bond donors (Lipinski definition) is 1. The van der Waals surface area contributed by atoms with Crippen LogP contribution in [-0.2, 0) is 9.59 Å². The van der Waals surface area contributed by atoms with Crippen LogP contribution in [0.3, 0.4) is 0 Å². The zero-order valence-electron chi connectivity index (χ0n) is 19.2. The Labute approximate surface area is 195 Å². The number of nitrogens with one attached hydrogen (secondary N) is 1. The Morgan fingerprint density at radius 1 is 1.09 bits per heavy atom. The van der Waals surface area contributed by atoms with Crippen LogP contribution in [0.15, 0.2) is 54.6 Å². The lowest BCUT2D eigenvalue weighted by Crippen LogP contribution is -2.37. The van der Waals surface area contributed by atoms with Gasteiger partial charge in [-0.15, -0.1) is 0 Å². The molecule has 1 aliphatic heterocycles. The van der Waals surface area contributed by atoms with Gasteiger partial charge in [0.25, 0.3) is 0 Å². The summed E-state index contributed by atoms with van der Waals surface area (Å²) in [5.74, 6) is 0.507. The second kappa shape index (κ2) is 12.6. The van der Waals surface area contributed by atoms with Gasteiger partial charge in [-0.25, -0.2) is 0 Å². The molecule has 1 aliphatic rings. The first-order chi connectivity index (χ1) is 16.1. The predicted octanol–water partition coefficient (Wildman–Crippen LogP) is 3.68. The highest BCUT2D eigenvalue weighted by atomic mass is 16.5. The molecule has 1 atom stereocenters. The third-order valence-corrected chi connectivity index (χ3v) is 5.96. The van der Waals surface area contributed by atoms with Gasteiger partial charge in [-0.3, -0.25) is 14.5 Å². The van der Waals surface area contributed by atoms with E-state index in [1.54, 1.807) is 12.0 Å². The largest absolute Gasteiger partial charge is 0.497 e. The maximum atomic E-state index is 12.8. The van der Waals surface area contributed by atoms with Gasteiger partial charge in [0.05, 0.1) is 25.6 Å². The van der Waals surface area contributed by atoms with Crippen LogP contribution in [0.1, 0.15) is 43.7 Å². The Hall–Kier alpha value is -3.37. The van der Waals surface area contributed by atoms with E-state index in [1.807, 2.05) is 54.6 Å². The molecule has 0 saturated carbocycles. The molecule has 7 heteroatoms. The lowest BCUT2D eigenvalue weighted by molar-refractivity contribution is -0.125. The lowest BCUT2D eigenvalue weighted by atomic mass is 10.0. The van der Waals surface area contributed by atoms with Gasteiger partial charge in [0.2, 0.25) is 11.8 Å². The molecule has 0 aromatic heterocycles. The van der Waals surface area contributed by atoms with Crippen molar-refractivity contribution in [3.8, 4) is 11.8 Å². The smallest absolute Gasteiger partial charge is 0.227 e. The summed E-state index contributed by atoms with van der Waals surface area (Å²) in [4.78, 5) is 29.4. The average Bonchev–Trinajstić information content (AvgIpc) is 3.39. The summed E-state index contributed by atoms with van der Waals surface area (Å²) < 4.78 is 5.27. The van der Waals surface area contributed by atoms with E-state index in [0.29, 0.717) is 13.1 Å². The fourth-order valence-corrected chi connectivity index (χ4v) is 4.16. The molecule has 1 fully saturated rings. The zero-order valence-corrected chi connectivity index (χ0v) is 19.2. The van der Waals surface area contributed by atoms with Crippen molar-refractivity contribution in [2.45, 2.75) is 38.1 Å². The van der Waals surface area contributed by atoms with E-state index in [2.05, 4.69) is 16.3 Å². The van der Waals surface area contributed by atoms with E-state index in [4.69, 9.17) is 10.00 Å². The van der Waals surface area contributed by atoms with Gasteiger partial charge in [0.15, 0.2) is 0 Å². The van der Waals surface area contributed by atoms with E-state index in [1.165, 1.54) is 0 Å². The van der Waals surface area contributed by atoms with Crippen LogP contribution in [0.25, 0.3) is 0 Å². The van der Waals surface area contributed by atoms with Crippen molar-refractivity contribution in [2.75, 3.05) is 38.2 Å². The number of rotatable bonds is 11.